The second-order valence-corrected chi connectivity index (χ2v) is 5.38. The van der Waals surface area contributed by atoms with E-state index >= 15 is 0 Å². The summed E-state index contributed by atoms with van der Waals surface area (Å²) in [6.07, 6.45) is 2.02. The monoisotopic (exact) mass is 448 g/mol. The number of hydrogen-bond acceptors (Lipinski definition) is 4. The first kappa shape index (κ1) is 20.3. The summed E-state index contributed by atoms with van der Waals surface area (Å²) in [6.45, 7) is 1.54. The Kier molecular flexibility index (Phi) is 8.66. The number of hydrogen-bond donors (Lipinski definition) is 3. The molecule has 0 atom stereocenters. The van der Waals surface area contributed by atoms with Crippen molar-refractivity contribution >= 4 is 35.8 Å². The van der Waals surface area contributed by atoms with E-state index in [4.69, 9.17) is 15.2 Å². The van der Waals surface area contributed by atoms with Gasteiger partial charge < -0.3 is 25.8 Å². The van der Waals surface area contributed by atoms with E-state index in [1.165, 1.54) is 0 Å². The maximum atomic E-state index is 11.5. The number of nitrogens with two attached hydrogens (primary N) is 1. The molecule has 4 N–H and O–H groups in total. The van der Waals surface area contributed by atoms with Gasteiger partial charge in [-0.15, -0.1) is 24.0 Å². The van der Waals surface area contributed by atoms with E-state index < -0.39 is 0 Å². The Bertz CT molecular complexity index is 576. The number of carbonyl (C=O) groups is 1. The number of rotatable bonds is 8. The molecule has 1 aromatic carbocycles. The van der Waals surface area contributed by atoms with Crippen LogP contribution in [0.25, 0.3) is 0 Å². The van der Waals surface area contributed by atoms with Crippen LogP contribution in [0, 0.1) is 5.92 Å². The zero-order chi connectivity index (χ0) is 16.7. The number of nitrogens with zero attached hydrogens (tertiary/aromatic N) is 1. The van der Waals surface area contributed by atoms with Crippen molar-refractivity contribution < 1.29 is 14.3 Å². The molecule has 0 aliphatic heterocycles. The Morgan fingerprint density at radius 2 is 1.88 bits per heavy atom. The minimum atomic E-state index is 0. The molecule has 0 heterocycles. The maximum absolute atomic E-state index is 11.5. The number of benzene rings is 1. The van der Waals surface area contributed by atoms with Crippen LogP contribution in [0.15, 0.2) is 23.2 Å². The second kappa shape index (κ2) is 10.2. The zero-order valence-corrected chi connectivity index (χ0v) is 16.3. The van der Waals surface area contributed by atoms with Gasteiger partial charge in [0.25, 0.3) is 0 Å². The van der Waals surface area contributed by atoms with E-state index in [1.54, 1.807) is 14.2 Å². The van der Waals surface area contributed by atoms with Crippen molar-refractivity contribution in [3.05, 3.63) is 23.8 Å². The van der Waals surface area contributed by atoms with Gasteiger partial charge in [0.2, 0.25) is 5.91 Å². The third-order valence-corrected chi connectivity index (χ3v) is 3.56. The van der Waals surface area contributed by atoms with E-state index in [-0.39, 0.29) is 35.8 Å². The molecule has 0 radical (unpaired) electrons. The van der Waals surface area contributed by atoms with Gasteiger partial charge in [-0.2, -0.15) is 0 Å². The van der Waals surface area contributed by atoms with Gasteiger partial charge in [0, 0.05) is 19.0 Å². The molecule has 2 rings (SSSR count). The highest BCUT2D eigenvalue weighted by Crippen LogP contribution is 2.28. The number of methoxy groups -OCH3 is 2. The molecule has 24 heavy (non-hydrogen) atoms. The summed E-state index contributed by atoms with van der Waals surface area (Å²) in [5, 5.41) is 5.83. The molecule has 0 saturated heterocycles. The molecule has 0 bridgehead atoms. The van der Waals surface area contributed by atoms with Crippen LogP contribution < -0.4 is 25.8 Å². The third-order valence-electron chi connectivity index (χ3n) is 3.56. The van der Waals surface area contributed by atoms with Crippen LogP contribution in [0.4, 0.5) is 0 Å². The number of halogens is 1. The number of amides is 1. The molecule has 134 valence electrons. The van der Waals surface area contributed by atoms with Crippen molar-refractivity contribution in [3.63, 3.8) is 0 Å². The van der Waals surface area contributed by atoms with Gasteiger partial charge in [0.05, 0.1) is 20.8 Å². The molecular formula is C16H25IN4O3. The van der Waals surface area contributed by atoms with Gasteiger partial charge in [-0.3, -0.25) is 4.79 Å². The Hall–Kier alpha value is -1.71. The van der Waals surface area contributed by atoms with Gasteiger partial charge in [-0.25, -0.2) is 4.99 Å². The van der Waals surface area contributed by atoms with Crippen LogP contribution in [0.1, 0.15) is 18.4 Å². The van der Waals surface area contributed by atoms with Gasteiger partial charge in [-0.05, 0) is 30.5 Å². The second-order valence-electron chi connectivity index (χ2n) is 5.38. The van der Waals surface area contributed by atoms with E-state index in [0.717, 1.165) is 18.4 Å². The highest BCUT2D eigenvalue weighted by Gasteiger charge is 2.28. The molecule has 0 aromatic heterocycles. The first-order chi connectivity index (χ1) is 11.1. The lowest BCUT2D eigenvalue weighted by molar-refractivity contribution is -0.122. The Morgan fingerprint density at radius 1 is 1.21 bits per heavy atom. The third kappa shape index (κ3) is 6.42. The molecule has 8 heteroatoms. The summed E-state index contributed by atoms with van der Waals surface area (Å²) in [7, 11) is 3.19. The average Bonchev–Trinajstić information content (AvgIpc) is 3.41. The van der Waals surface area contributed by atoms with E-state index in [2.05, 4.69) is 15.6 Å². The van der Waals surface area contributed by atoms with Gasteiger partial charge >= 0.3 is 0 Å². The fraction of sp³-hybridized carbons (Fsp3) is 0.500. The van der Waals surface area contributed by atoms with Crippen LogP contribution in [0.5, 0.6) is 11.5 Å². The predicted molar refractivity (Wildman–Crippen MR) is 104 cm³/mol. The van der Waals surface area contributed by atoms with Crippen molar-refractivity contribution in [1.82, 2.24) is 10.6 Å². The van der Waals surface area contributed by atoms with Gasteiger partial charge in [-0.1, -0.05) is 6.07 Å². The van der Waals surface area contributed by atoms with Crippen molar-refractivity contribution in [2.75, 3.05) is 27.3 Å². The molecule has 0 spiro atoms. The van der Waals surface area contributed by atoms with Crippen LogP contribution in [0.3, 0.4) is 0 Å². The van der Waals surface area contributed by atoms with Crippen LogP contribution in [-0.4, -0.2) is 39.2 Å². The molecule has 7 nitrogen and oxygen atoms in total. The largest absolute Gasteiger partial charge is 0.493 e. The molecular weight excluding hydrogens is 423 g/mol. The summed E-state index contributed by atoms with van der Waals surface area (Å²) >= 11 is 0. The molecule has 1 amide bonds. The highest BCUT2D eigenvalue weighted by atomic mass is 127. The standard InChI is InChI=1S/C16H24N4O3.HI/c1-22-13-6-3-11(9-14(13)23-2)10-20-16(17)19-8-7-18-15(21)12-4-5-12;/h3,6,9,12H,4-5,7-8,10H2,1-2H3,(H,18,21)(H3,17,19,20);1H. The number of guanidine groups is 1. The minimum Gasteiger partial charge on any atom is -0.493 e. The first-order valence-electron chi connectivity index (χ1n) is 7.66. The topological polar surface area (TPSA) is 98.0 Å². The quantitative estimate of drug-likeness (QED) is 0.241. The van der Waals surface area contributed by atoms with E-state index in [9.17, 15) is 4.79 Å². The lowest BCUT2D eigenvalue weighted by atomic mass is 10.2. The van der Waals surface area contributed by atoms with Crippen LogP contribution in [-0.2, 0) is 11.3 Å². The first-order valence-corrected chi connectivity index (χ1v) is 7.66. The zero-order valence-electron chi connectivity index (χ0n) is 14.0. The Balaban J connectivity index is 0.00000288. The summed E-state index contributed by atoms with van der Waals surface area (Å²) in [5.41, 5.74) is 6.77. The van der Waals surface area contributed by atoms with Crippen molar-refractivity contribution in [3.8, 4) is 11.5 Å². The number of nitrogens with one attached hydrogen (secondary N) is 2. The molecule has 1 aromatic rings. The van der Waals surface area contributed by atoms with Crippen molar-refractivity contribution in [2.45, 2.75) is 19.4 Å². The minimum absolute atomic E-state index is 0. The number of aliphatic imine (C=N–C) groups is 1. The van der Waals surface area contributed by atoms with Crippen molar-refractivity contribution in [1.29, 1.82) is 0 Å². The lowest BCUT2D eigenvalue weighted by Crippen LogP contribution is -2.38. The van der Waals surface area contributed by atoms with Crippen LogP contribution in [0.2, 0.25) is 0 Å². The molecule has 1 fully saturated rings. The Morgan fingerprint density at radius 3 is 2.50 bits per heavy atom. The smallest absolute Gasteiger partial charge is 0.223 e. The number of carbonyl (C=O) groups excluding carboxylic acids is 1. The average molecular weight is 448 g/mol. The fourth-order valence-electron chi connectivity index (χ4n) is 2.08. The molecule has 1 saturated carbocycles. The maximum Gasteiger partial charge on any atom is 0.223 e. The summed E-state index contributed by atoms with van der Waals surface area (Å²) in [4.78, 5) is 15.7. The van der Waals surface area contributed by atoms with E-state index in [1.807, 2.05) is 18.2 Å². The summed E-state index contributed by atoms with van der Waals surface area (Å²) in [6, 6.07) is 5.61. The molecule has 1 aliphatic rings. The summed E-state index contributed by atoms with van der Waals surface area (Å²) in [5.74, 6) is 2.05. The number of ether oxygens (including phenoxy) is 2. The van der Waals surface area contributed by atoms with Crippen LogP contribution >= 0.6 is 24.0 Å². The SMILES string of the molecule is COc1ccc(CN=C(N)NCCNC(=O)C2CC2)cc1OC.I. The van der Waals surface area contributed by atoms with Gasteiger partial charge in [0.15, 0.2) is 17.5 Å². The predicted octanol–water partition coefficient (Wildman–Crippen LogP) is 1.25. The highest BCUT2D eigenvalue weighted by molar-refractivity contribution is 14.0. The van der Waals surface area contributed by atoms with Crippen molar-refractivity contribution in [2.24, 2.45) is 16.6 Å². The lowest BCUT2D eigenvalue weighted by Gasteiger charge is -2.09. The normalized spacial score (nSPS) is 13.7. The summed E-state index contributed by atoms with van der Waals surface area (Å²) < 4.78 is 10.4. The van der Waals surface area contributed by atoms with Gasteiger partial charge in [0.1, 0.15) is 0 Å². The fourth-order valence-corrected chi connectivity index (χ4v) is 2.08. The van der Waals surface area contributed by atoms with E-state index in [0.29, 0.717) is 37.1 Å². The molecule has 0 unspecified atom stereocenters. The molecule has 1 aliphatic carbocycles. The Labute approximate surface area is 159 Å².